The highest BCUT2D eigenvalue weighted by molar-refractivity contribution is 7.92. The van der Waals surface area contributed by atoms with Crippen LogP contribution in [0.3, 0.4) is 0 Å². The summed E-state index contributed by atoms with van der Waals surface area (Å²) in [6, 6.07) is 17.5. The number of nitrogens with zero attached hydrogens (tertiary/aromatic N) is 3. The number of amides is 1. The van der Waals surface area contributed by atoms with Gasteiger partial charge >= 0.3 is 24.3 Å². The van der Waals surface area contributed by atoms with Crippen LogP contribution in [0.5, 0.6) is 0 Å². The smallest absolute Gasteiger partial charge is 0.475 e. The lowest BCUT2D eigenvalue weighted by Crippen LogP contribution is -2.49. The molecule has 2 aliphatic heterocycles. The van der Waals surface area contributed by atoms with Crippen molar-refractivity contribution in [1.29, 1.82) is 0 Å². The fraction of sp³-hybridized carbons (Fsp3) is 0.400. The fourth-order valence-electron chi connectivity index (χ4n) is 5.41. The van der Waals surface area contributed by atoms with E-state index in [9.17, 15) is 39.6 Å². The lowest BCUT2D eigenvalue weighted by Gasteiger charge is -2.40. The number of alkyl halides is 6. The summed E-state index contributed by atoms with van der Waals surface area (Å²) >= 11 is 0. The number of hydrogen-bond donors (Lipinski definition) is 3. The van der Waals surface area contributed by atoms with Gasteiger partial charge in [0.25, 0.3) is 5.91 Å². The predicted molar refractivity (Wildman–Crippen MR) is 162 cm³/mol. The second-order valence-electron chi connectivity index (χ2n) is 11.3. The van der Waals surface area contributed by atoms with E-state index in [1.54, 1.807) is 10.5 Å². The average molecular weight is 707 g/mol. The number of aliphatic carboxylic acids is 2. The average Bonchev–Trinajstić information content (AvgIpc) is 3.32. The number of hydrogen-bond acceptors (Lipinski definition) is 7. The number of aromatic nitrogens is 1. The molecule has 1 saturated heterocycles. The summed E-state index contributed by atoms with van der Waals surface area (Å²) in [5.41, 5.74) is 3.26. The Morgan fingerprint density at radius 2 is 1.46 bits per heavy atom. The normalized spacial score (nSPS) is 16.5. The van der Waals surface area contributed by atoms with Crippen molar-refractivity contribution in [2.24, 2.45) is 0 Å². The third kappa shape index (κ3) is 9.79. The van der Waals surface area contributed by atoms with Crippen LogP contribution >= 0.6 is 0 Å². The number of halogens is 6. The van der Waals surface area contributed by atoms with Crippen LogP contribution in [0.4, 0.5) is 32.0 Å². The van der Waals surface area contributed by atoms with Gasteiger partial charge in [-0.25, -0.2) is 18.0 Å². The number of pyridine rings is 1. The van der Waals surface area contributed by atoms with E-state index >= 15 is 0 Å². The molecule has 2 aliphatic rings. The first kappa shape index (κ1) is 38.0. The quantitative estimate of drug-likeness (QED) is 0.327. The van der Waals surface area contributed by atoms with E-state index in [0.29, 0.717) is 12.1 Å². The number of carboxylic acid groups (broad SMARTS) is 2. The first-order valence-electron chi connectivity index (χ1n) is 14.2. The lowest BCUT2D eigenvalue weighted by atomic mass is 9.74. The number of anilines is 1. The van der Waals surface area contributed by atoms with Gasteiger partial charge in [0.2, 0.25) is 10.0 Å². The van der Waals surface area contributed by atoms with Crippen LogP contribution in [0.2, 0.25) is 0 Å². The maximum absolute atomic E-state index is 12.8. The second-order valence-corrected chi connectivity index (χ2v) is 13.2. The molecule has 0 radical (unpaired) electrons. The van der Waals surface area contributed by atoms with Gasteiger partial charge in [0.05, 0.1) is 23.0 Å². The lowest BCUT2D eigenvalue weighted by molar-refractivity contribution is -0.193. The minimum Gasteiger partial charge on any atom is -0.475 e. The van der Waals surface area contributed by atoms with Crippen molar-refractivity contribution < 1.29 is 59.4 Å². The third-order valence-corrected chi connectivity index (χ3v) is 8.78. The van der Waals surface area contributed by atoms with E-state index in [1.165, 1.54) is 6.26 Å². The SMILES string of the molecule is C[C@@H](CN1CCC2(CC1)CN(S(C)(=O)=O)c1ccccc12)NC(=O)c1cnc2ccccc2c1.O=C(O)C(F)(F)F.O=C(O)C(F)(F)F. The fourth-order valence-corrected chi connectivity index (χ4v) is 6.41. The molecule has 1 spiro atoms. The summed E-state index contributed by atoms with van der Waals surface area (Å²) in [7, 11) is -3.31. The molecule has 18 heteroatoms. The molecule has 3 aromatic rings. The Hall–Kier alpha value is -4.45. The molecule has 11 nitrogen and oxygen atoms in total. The van der Waals surface area contributed by atoms with Crippen LogP contribution in [0, 0.1) is 0 Å². The summed E-state index contributed by atoms with van der Waals surface area (Å²) in [5, 5.41) is 18.3. The van der Waals surface area contributed by atoms with Gasteiger partial charge in [-0.1, -0.05) is 36.4 Å². The van der Waals surface area contributed by atoms with Crippen molar-refractivity contribution in [3.63, 3.8) is 0 Å². The molecule has 1 atom stereocenters. The number of carboxylic acids is 2. The topological polar surface area (TPSA) is 157 Å². The summed E-state index contributed by atoms with van der Waals surface area (Å²) < 4.78 is 89.8. The zero-order valence-electron chi connectivity index (χ0n) is 25.5. The minimum absolute atomic E-state index is 0.0172. The van der Waals surface area contributed by atoms with E-state index in [1.807, 2.05) is 55.5 Å². The number of likely N-dealkylation sites (tertiary alicyclic amines) is 1. The molecule has 1 fully saturated rings. The molecule has 0 unspecified atom stereocenters. The van der Waals surface area contributed by atoms with Gasteiger partial charge < -0.3 is 20.4 Å². The largest absolute Gasteiger partial charge is 0.490 e. The number of nitrogens with one attached hydrogen (secondary N) is 1. The number of fused-ring (bicyclic) bond motifs is 3. The van der Waals surface area contributed by atoms with Crippen molar-refractivity contribution in [1.82, 2.24) is 15.2 Å². The number of benzene rings is 2. The van der Waals surface area contributed by atoms with E-state index in [0.717, 1.165) is 54.6 Å². The van der Waals surface area contributed by atoms with Gasteiger partial charge in [0.15, 0.2) is 0 Å². The van der Waals surface area contributed by atoms with Crippen molar-refractivity contribution in [2.75, 3.05) is 36.7 Å². The Morgan fingerprint density at radius 1 is 0.938 bits per heavy atom. The number of sulfonamides is 1. The Labute approximate surface area is 271 Å². The summed E-state index contributed by atoms with van der Waals surface area (Å²) in [4.78, 5) is 37.3. The zero-order chi connectivity index (χ0) is 36.1. The van der Waals surface area contributed by atoms with Crippen LogP contribution < -0.4 is 9.62 Å². The van der Waals surface area contributed by atoms with Crippen LogP contribution in [-0.2, 0) is 25.0 Å². The first-order chi connectivity index (χ1) is 22.1. The molecule has 3 N–H and O–H groups in total. The number of carbonyl (C=O) groups is 3. The van der Waals surface area contributed by atoms with Crippen LogP contribution in [0.1, 0.15) is 35.7 Å². The molecular formula is C30H32F6N4O7S. The highest BCUT2D eigenvalue weighted by Gasteiger charge is 2.47. The summed E-state index contributed by atoms with van der Waals surface area (Å²) in [5.74, 6) is -5.63. The molecule has 262 valence electrons. The third-order valence-electron chi connectivity index (χ3n) is 7.65. The van der Waals surface area contributed by atoms with Crippen molar-refractivity contribution in [3.05, 3.63) is 71.9 Å². The predicted octanol–water partition coefficient (Wildman–Crippen LogP) is 4.43. The van der Waals surface area contributed by atoms with Gasteiger partial charge in [0.1, 0.15) is 0 Å². The Morgan fingerprint density at radius 3 is 2.00 bits per heavy atom. The van der Waals surface area contributed by atoms with E-state index < -0.39 is 34.3 Å². The number of piperidine rings is 1. The highest BCUT2D eigenvalue weighted by Crippen LogP contribution is 2.47. The Balaban J connectivity index is 0.000000376. The van der Waals surface area contributed by atoms with Crippen molar-refractivity contribution >= 4 is 44.5 Å². The molecule has 2 aromatic carbocycles. The second kappa shape index (κ2) is 14.8. The van der Waals surface area contributed by atoms with Gasteiger partial charge in [-0.2, -0.15) is 26.3 Å². The molecule has 0 saturated carbocycles. The number of carbonyl (C=O) groups excluding carboxylic acids is 1. The maximum Gasteiger partial charge on any atom is 0.490 e. The van der Waals surface area contributed by atoms with Gasteiger partial charge in [-0.15, -0.1) is 0 Å². The summed E-state index contributed by atoms with van der Waals surface area (Å²) in [6.07, 6.45) is -5.47. The Bertz CT molecular complexity index is 1720. The van der Waals surface area contributed by atoms with E-state index in [2.05, 4.69) is 21.3 Å². The molecule has 1 aromatic heterocycles. The molecule has 0 aliphatic carbocycles. The standard InChI is InChI=1S/C26H30N4O3S.2C2HF3O2/c1-19(28-25(31)21-15-20-7-3-5-9-23(20)27-16-21)17-29-13-11-26(12-14-29)18-30(34(2,32)33)24-10-6-4-8-22(24)26;2*3-2(4,5)1(6)7/h3-10,15-16,19H,11-14,17-18H2,1-2H3,(H,28,31);2*(H,6,7)/t19-;;/m0../s1. The first-order valence-corrected chi connectivity index (χ1v) is 16.0. The molecule has 3 heterocycles. The molecule has 48 heavy (non-hydrogen) atoms. The van der Waals surface area contributed by atoms with Crippen molar-refractivity contribution in [3.8, 4) is 0 Å². The van der Waals surface area contributed by atoms with Gasteiger partial charge in [0, 0.05) is 36.1 Å². The van der Waals surface area contributed by atoms with E-state index in [4.69, 9.17) is 19.8 Å². The maximum atomic E-state index is 12.8. The van der Waals surface area contributed by atoms with E-state index in [-0.39, 0.29) is 17.4 Å². The van der Waals surface area contributed by atoms with Gasteiger partial charge in [-0.05, 0) is 56.6 Å². The van der Waals surface area contributed by atoms with Crippen LogP contribution in [0.25, 0.3) is 10.9 Å². The van der Waals surface area contributed by atoms with Crippen LogP contribution in [0.15, 0.2) is 60.8 Å². The van der Waals surface area contributed by atoms with Gasteiger partial charge in [-0.3, -0.25) is 14.1 Å². The van der Waals surface area contributed by atoms with Crippen molar-refractivity contribution in [2.45, 2.75) is 43.6 Å². The molecule has 0 bridgehead atoms. The minimum atomic E-state index is -5.08. The highest BCUT2D eigenvalue weighted by atomic mass is 32.2. The number of para-hydroxylation sites is 2. The zero-order valence-corrected chi connectivity index (χ0v) is 26.4. The summed E-state index contributed by atoms with van der Waals surface area (Å²) in [6.45, 7) is 5.01. The molecule has 1 amide bonds. The Kier molecular flexibility index (Phi) is 11.7. The molecule has 5 rings (SSSR count). The monoisotopic (exact) mass is 706 g/mol. The molecular weight excluding hydrogens is 674 g/mol. The van der Waals surface area contributed by atoms with Crippen LogP contribution in [-0.4, -0.2) is 97.2 Å². The number of rotatable bonds is 5.